The van der Waals surface area contributed by atoms with Crippen LogP contribution in [0.4, 0.5) is 32.3 Å². The van der Waals surface area contributed by atoms with Crippen molar-refractivity contribution >= 4 is 40.8 Å². The summed E-state index contributed by atoms with van der Waals surface area (Å²) in [6.45, 7) is 4.64. The first-order chi connectivity index (χ1) is 19.0. The highest BCUT2D eigenvalue weighted by Crippen LogP contribution is 2.29. The molecule has 0 saturated heterocycles. The minimum Gasteiger partial charge on any atom is -0.502 e. The van der Waals surface area contributed by atoms with Crippen molar-refractivity contribution in [1.29, 1.82) is 0 Å². The molecule has 0 unspecified atom stereocenters. The maximum absolute atomic E-state index is 11.5. The van der Waals surface area contributed by atoms with E-state index in [1.807, 2.05) is 0 Å². The van der Waals surface area contributed by atoms with Crippen molar-refractivity contribution in [3.63, 3.8) is 0 Å². The summed E-state index contributed by atoms with van der Waals surface area (Å²) in [5.41, 5.74) is -0.547. The van der Waals surface area contributed by atoms with Gasteiger partial charge < -0.3 is 36.2 Å². The number of nitrogens with one attached hydrogen (secondary N) is 4. The number of rotatable bonds is 12. The number of anilines is 2. The van der Waals surface area contributed by atoms with Crippen molar-refractivity contribution in [1.82, 2.24) is 10.6 Å². The van der Waals surface area contributed by atoms with Crippen LogP contribution in [-0.4, -0.2) is 57.8 Å². The minimum absolute atomic E-state index is 0.0248. The first-order valence-corrected chi connectivity index (χ1v) is 12.2. The van der Waals surface area contributed by atoms with Crippen LogP contribution in [-0.2, 0) is 9.53 Å². The van der Waals surface area contributed by atoms with Crippen LogP contribution in [0.5, 0.6) is 11.5 Å². The van der Waals surface area contributed by atoms with E-state index < -0.39 is 50.8 Å². The molecule has 0 aliphatic carbocycles. The Morgan fingerprint density at radius 3 is 1.70 bits per heavy atom. The van der Waals surface area contributed by atoms with E-state index in [2.05, 4.69) is 32.9 Å². The van der Waals surface area contributed by atoms with Crippen molar-refractivity contribution < 1.29 is 39.2 Å². The number of amides is 4. The highest BCUT2D eigenvalue weighted by atomic mass is 16.6. The van der Waals surface area contributed by atoms with Crippen LogP contribution in [0, 0.1) is 20.2 Å². The number of benzene rings is 2. The summed E-state index contributed by atoms with van der Waals surface area (Å²) in [5, 5.41) is 49.7. The van der Waals surface area contributed by atoms with Gasteiger partial charge in [0.1, 0.15) is 0 Å². The molecule has 0 radical (unpaired) electrons. The third-order valence-corrected chi connectivity index (χ3v) is 4.85. The van der Waals surface area contributed by atoms with E-state index in [1.54, 1.807) is 6.92 Å². The molecule has 2 aromatic rings. The topological polar surface area (TPSA) is 235 Å². The van der Waals surface area contributed by atoms with Crippen LogP contribution in [0.25, 0.3) is 0 Å². The quantitative estimate of drug-likeness (QED) is 0.0712. The lowest BCUT2D eigenvalue weighted by Gasteiger charge is -2.07. The predicted octanol–water partition coefficient (Wildman–Crippen LogP) is 3.99. The zero-order valence-corrected chi connectivity index (χ0v) is 22.0. The average Bonchev–Trinajstić information content (AvgIpc) is 2.89. The summed E-state index contributed by atoms with van der Waals surface area (Å²) in [5.74, 6) is -1.36. The summed E-state index contributed by atoms with van der Waals surface area (Å²) in [7, 11) is 0. The number of hydrogen-bond donors (Lipinski definition) is 6. The maximum atomic E-state index is 11.5. The van der Waals surface area contributed by atoms with Gasteiger partial charge in [0.05, 0.1) is 22.9 Å². The van der Waals surface area contributed by atoms with Crippen molar-refractivity contribution in [2.75, 3.05) is 30.3 Å². The number of phenols is 2. The number of unbranched alkanes of at least 4 members (excludes halogenated alkanes) is 2. The number of esters is 1. The van der Waals surface area contributed by atoms with E-state index in [-0.39, 0.29) is 30.9 Å². The van der Waals surface area contributed by atoms with Gasteiger partial charge in [0.15, 0.2) is 11.5 Å². The molecule has 0 saturated carbocycles. The number of carbonyl (C=O) groups excluding carboxylic acids is 3. The van der Waals surface area contributed by atoms with Crippen molar-refractivity contribution in [3.8, 4) is 11.5 Å². The molecule has 0 fully saturated rings. The molecule has 16 nitrogen and oxygen atoms in total. The van der Waals surface area contributed by atoms with Gasteiger partial charge in [0.2, 0.25) is 0 Å². The Morgan fingerprint density at radius 1 is 0.800 bits per heavy atom. The van der Waals surface area contributed by atoms with Gasteiger partial charge in [-0.25, -0.2) is 9.59 Å². The number of hydrogen-bond acceptors (Lipinski definition) is 10. The normalized spacial score (nSPS) is 9.85. The van der Waals surface area contributed by atoms with Crippen LogP contribution >= 0.6 is 0 Å². The molecule has 40 heavy (non-hydrogen) atoms. The van der Waals surface area contributed by atoms with Gasteiger partial charge in [-0.05, 0) is 37.6 Å². The second-order valence-electron chi connectivity index (χ2n) is 7.95. The molecule has 0 spiro atoms. The molecule has 218 valence electrons. The Labute approximate surface area is 229 Å². The van der Waals surface area contributed by atoms with Crippen LogP contribution in [0.15, 0.2) is 36.4 Å². The van der Waals surface area contributed by atoms with Crippen molar-refractivity contribution in [2.24, 2.45) is 0 Å². The largest absolute Gasteiger partial charge is 0.502 e. The van der Waals surface area contributed by atoms with Crippen molar-refractivity contribution in [2.45, 2.75) is 39.5 Å². The van der Waals surface area contributed by atoms with Gasteiger partial charge in [-0.1, -0.05) is 19.8 Å². The molecule has 2 aromatic carbocycles. The fraction of sp³-hybridized carbons (Fsp3) is 0.375. The predicted molar refractivity (Wildman–Crippen MR) is 144 cm³/mol. The van der Waals surface area contributed by atoms with Crippen molar-refractivity contribution in [3.05, 3.63) is 56.6 Å². The number of phenolic OH excluding ortho intramolecular Hbond substituents is 2. The molecule has 0 atom stereocenters. The zero-order valence-electron chi connectivity index (χ0n) is 22.0. The lowest BCUT2D eigenvalue weighted by Crippen LogP contribution is -2.30. The number of ether oxygens (including phenoxy) is 1. The Balaban J connectivity index is 0.000000402. The summed E-state index contributed by atoms with van der Waals surface area (Å²) >= 11 is 0. The summed E-state index contributed by atoms with van der Waals surface area (Å²) in [6.07, 6.45) is 3.01. The monoisotopic (exact) mass is 564 g/mol. The van der Waals surface area contributed by atoms with Gasteiger partial charge >= 0.3 is 29.4 Å². The number of urea groups is 2. The van der Waals surface area contributed by atoms with E-state index in [0.717, 1.165) is 37.5 Å². The zero-order chi connectivity index (χ0) is 30.1. The Morgan fingerprint density at radius 2 is 1.27 bits per heavy atom. The van der Waals surface area contributed by atoms with E-state index in [9.17, 15) is 44.8 Å². The number of aromatic hydroxyl groups is 2. The second-order valence-corrected chi connectivity index (χ2v) is 7.95. The van der Waals surface area contributed by atoms with Crippen LogP contribution < -0.4 is 21.3 Å². The number of nitro groups is 2. The van der Waals surface area contributed by atoms with E-state index in [1.165, 1.54) is 18.2 Å². The lowest BCUT2D eigenvalue weighted by atomic mass is 10.2. The van der Waals surface area contributed by atoms with E-state index >= 15 is 0 Å². The molecule has 0 aliphatic rings. The van der Waals surface area contributed by atoms with Crippen LogP contribution in [0.2, 0.25) is 0 Å². The van der Waals surface area contributed by atoms with Gasteiger partial charge in [-0.3, -0.25) is 25.0 Å². The molecule has 0 aliphatic heterocycles. The highest BCUT2D eigenvalue weighted by Gasteiger charge is 2.15. The minimum atomic E-state index is -0.765. The molecule has 6 N–H and O–H groups in total. The molecule has 0 aromatic heterocycles. The highest BCUT2D eigenvalue weighted by molar-refractivity contribution is 5.90. The standard InChI is InChI=1S/C12H15N3O6.C12H17N3O4/c1-2-21-11(17)5-6-13-12(18)14-8-3-4-10(16)9(7-8)15(19)20;1-2-3-4-7-13-12(17)14-9-5-6-11(16)10(8-9)15(18)19/h3-4,7,16H,2,5-6H2,1H3,(H2,13,14,18);5-6,8,16H,2-4,7H2,1H3,(H2,13,14,17). The molecular formula is C24H32N6O10. The van der Waals surface area contributed by atoms with E-state index in [0.29, 0.717) is 6.54 Å². The molecule has 0 bridgehead atoms. The molecule has 4 amide bonds. The number of nitro benzene ring substituents is 2. The van der Waals surface area contributed by atoms with Crippen LogP contribution in [0.1, 0.15) is 39.5 Å². The number of nitrogens with zero attached hydrogens (tertiary/aromatic N) is 2. The van der Waals surface area contributed by atoms with Gasteiger partial charge in [-0.15, -0.1) is 0 Å². The summed E-state index contributed by atoms with van der Waals surface area (Å²) in [4.78, 5) is 53.8. The Kier molecular flexibility index (Phi) is 14.3. The lowest BCUT2D eigenvalue weighted by molar-refractivity contribution is -0.385. The molecule has 0 heterocycles. The summed E-state index contributed by atoms with van der Waals surface area (Å²) in [6, 6.07) is 6.08. The first kappa shape index (κ1) is 32.9. The van der Waals surface area contributed by atoms with Crippen LogP contribution in [0.3, 0.4) is 0 Å². The first-order valence-electron chi connectivity index (χ1n) is 12.2. The molecule has 2 rings (SSSR count). The van der Waals surface area contributed by atoms with Gasteiger partial charge in [0, 0.05) is 36.6 Å². The Bertz CT molecular complexity index is 1190. The SMILES string of the molecule is CCCCCNC(=O)Nc1ccc(O)c([N+](=O)[O-])c1.CCOC(=O)CCNC(=O)Nc1ccc(O)c([N+](=O)[O-])c1. The Hall–Kier alpha value is -5.15. The molecular weight excluding hydrogens is 532 g/mol. The second kappa shape index (κ2) is 17.4. The molecule has 16 heteroatoms. The van der Waals surface area contributed by atoms with E-state index in [4.69, 9.17) is 0 Å². The van der Waals surface area contributed by atoms with Gasteiger partial charge in [-0.2, -0.15) is 0 Å². The van der Waals surface area contributed by atoms with Gasteiger partial charge in [0.25, 0.3) is 0 Å². The fourth-order valence-corrected chi connectivity index (χ4v) is 2.93. The number of carbonyl (C=O) groups is 3. The smallest absolute Gasteiger partial charge is 0.319 e. The fourth-order valence-electron chi connectivity index (χ4n) is 2.93. The summed E-state index contributed by atoms with van der Waals surface area (Å²) < 4.78 is 4.68. The third-order valence-electron chi connectivity index (χ3n) is 4.85. The third kappa shape index (κ3) is 12.4. The maximum Gasteiger partial charge on any atom is 0.319 e. The average molecular weight is 565 g/mol.